The van der Waals surface area contributed by atoms with Gasteiger partial charge in [-0.05, 0) is 24.2 Å². The van der Waals surface area contributed by atoms with E-state index in [1.807, 2.05) is 0 Å². The maximum absolute atomic E-state index is 11.7. The summed E-state index contributed by atoms with van der Waals surface area (Å²) in [6, 6.07) is 0.176. The summed E-state index contributed by atoms with van der Waals surface area (Å²) >= 11 is 0. The molecule has 0 saturated heterocycles. The molecule has 0 heterocycles. The van der Waals surface area contributed by atoms with Gasteiger partial charge in [0.05, 0.1) is 0 Å². The first kappa shape index (κ1) is 16.0. The van der Waals surface area contributed by atoms with Gasteiger partial charge < -0.3 is 15.2 Å². The van der Waals surface area contributed by atoms with E-state index in [0.717, 1.165) is 19.3 Å². The third-order valence-electron chi connectivity index (χ3n) is 3.68. The number of aliphatic carboxylic acids is 1. The zero-order valence-corrected chi connectivity index (χ0v) is 12.1. The first-order valence-electron chi connectivity index (χ1n) is 6.89. The number of rotatable bonds is 5. The zero-order valence-electron chi connectivity index (χ0n) is 12.1. The highest BCUT2D eigenvalue weighted by atomic mass is 16.5. The molecule has 2 unspecified atom stereocenters. The van der Waals surface area contributed by atoms with Crippen LogP contribution in [-0.4, -0.2) is 36.2 Å². The van der Waals surface area contributed by atoms with Crippen molar-refractivity contribution in [3.05, 3.63) is 0 Å². The number of carboxylic acids is 1. The second kappa shape index (κ2) is 6.89. The van der Waals surface area contributed by atoms with Crippen molar-refractivity contribution in [2.24, 2.45) is 11.3 Å². The Kier molecular flexibility index (Phi) is 5.79. The third-order valence-corrected chi connectivity index (χ3v) is 3.68. The Morgan fingerprint density at radius 1 is 1.21 bits per heavy atom. The lowest BCUT2D eigenvalue weighted by Crippen LogP contribution is -2.47. The molecular weight excluding hydrogens is 246 g/mol. The molecular formula is C14H25NO4. The monoisotopic (exact) mass is 271 g/mol. The molecule has 5 nitrogen and oxygen atoms in total. The molecule has 0 aliphatic heterocycles. The van der Waals surface area contributed by atoms with Gasteiger partial charge in [0, 0.05) is 6.04 Å². The number of ether oxygens (including phenoxy) is 1. The van der Waals surface area contributed by atoms with Gasteiger partial charge in [-0.3, -0.25) is 4.79 Å². The molecule has 0 bridgehead atoms. The van der Waals surface area contributed by atoms with E-state index in [1.165, 1.54) is 6.42 Å². The fourth-order valence-corrected chi connectivity index (χ4v) is 2.82. The van der Waals surface area contributed by atoms with Crippen LogP contribution >= 0.6 is 0 Å². The van der Waals surface area contributed by atoms with Crippen LogP contribution in [0.25, 0.3) is 0 Å². The van der Waals surface area contributed by atoms with Crippen LogP contribution in [0.1, 0.15) is 46.5 Å². The second-order valence-electron chi connectivity index (χ2n) is 6.32. The highest BCUT2D eigenvalue weighted by Crippen LogP contribution is 2.37. The normalized spacial score (nSPS) is 23.9. The molecule has 2 N–H and O–H groups in total. The summed E-state index contributed by atoms with van der Waals surface area (Å²) in [7, 11) is 0. The Hall–Kier alpha value is -1.10. The standard InChI is InChI=1S/C14H25NO4/c1-14(2,3)10-6-4-5-7-11(10)15-12(16)8-19-9-13(17)18/h10-11H,4-9H2,1-3H3,(H,15,16)(H,17,18). The largest absolute Gasteiger partial charge is 0.480 e. The SMILES string of the molecule is CC(C)(C)C1CCCCC1NC(=O)COCC(=O)O. The summed E-state index contributed by atoms with van der Waals surface area (Å²) in [4.78, 5) is 22.0. The molecule has 2 atom stereocenters. The lowest BCUT2D eigenvalue weighted by atomic mass is 9.69. The van der Waals surface area contributed by atoms with E-state index in [0.29, 0.717) is 5.92 Å². The van der Waals surface area contributed by atoms with E-state index in [1.54, 1.807) is 0 Å². The van der Waals surface area contributed by atoms with Crippen LogP contribution in [0.3, 0.4) is 0 Å². The van der Waals surface area contributed by atoms with E-state index in [9.17, 15) is 9.59 Å². The van der Waals surface area contributed by atoms with Crippen LogP contribution in [0.15, 0.2) is 0 Å². The summed E-state index contributed by atoms with van der Waals surface area (Å²) in [5.74, 6) is -0.815. The Morgan fingerprint density at radius 2 is 1.84 bits per heavy atom. The maximum Gasteiger partial charge on any atom is 0.329 e. The van der Waals surface area contributed by atoms with Crippen LogP contribution in [0, 0.1) is 11.3 Å². The minimum absolute atomic E-state index is 0.167. The Balaban J connectivity index is 2.44. The number of amides is 1. The van der Waals surface area contributed by atoms with Crippen molar-refractivity contribution < 1.29 is 19.4 Å². The topological polar surface area (TPSA) is 75.6 Å². The van der Waals surface area contributed by atoms with Gasteiger partial charge in [0.15, 0.2) is 0 Å². The molecule has 0 spiro atoms. The van der Waals surface area contributed by atoms with Gasteiger partial charge >= 0.3 is 5.97 Å². The molecule has 1 amide bonds. The van der Waals surface area contributed by atoms with E-state index < -0.39 is 12.6 Å². The number of hydrogen-bond donors (Lipinski definition) is 2. The van der Waals surface area contributed by atoms with Gasteiger partial charge in [0.25, 0.3) is 0 Å². The first-order chi connectivity index (χ1) is 8.80. The predicted molar refractivity (Wildman–Crippen MR) is 71.8 cm³/mol. The quantitative estimate of drug-likeness (QED) is 0.799. The fourth-order valence-electron chi connectivity index (χ4n) is 2.82. The average Bonchev–Trinajstić information content (AvgIpc) is 2.27. The third kappa shape index (κ3) is 5.59. The zero-order chi connectivity index (χ0) is 14.5. The van der Waals surface area contributed by atoms with Gasteiger partial charge in [-0.1, -0.05) is 33.6 Å². The van der Waals surface area contributed by atoms with Crippen LogP contribution < -0.4 is 5.32 Å². The molecule has 0 aromatic heterocycles. The number of carbonyl (C=O) groups is 2. The predicted octanol–water partition coefficient (Wildman–Crippen LogP) is 1.81. The molecule has 110 valence electrons. The number of nitrogens with one attached hydrogen (secondary N) is 1. The van der Waals surface area contributed by atoms with Crippen molar-refractivity contribution in [3.8, 4) is 0 Å². The lowest BCUT2D eigenvalue weighted by Gasteiger charge is -2.40. The highest BCUT2D eigenvalue weighted by Gasteiger charge is 2.34. The molecule has 0 aromatic rings. The van der Waals surface area contributed by atoms with Crippen molar-refractivity contribution in [2.45, 2.75) is 52.5 Å². The van der Waals surface area contributed by atoms with E-state index in [-0.39, 0.29) is 24.0 Å². The molecule has 0 aromatic carbocycles. The van der Waals surface area contributed by atoms with Crippen molar-refractivity contribution in [1.82, 2.24) is 5.32 Å². The van der Waals surface area contributed by atoms with Crippen LogP contribution in [0.4, 0.5) is 0 Å². The summed E-state index contributed by atoms with van der Waals surface area (Å²) in [5.41, 5.74) is 0.167. The molecule has 1 rings (SSSR count). The molecule has 1 fully saturated rings. The average molecular weight is 271 g/mol. The molecule has 5 heteroatoms. The van der Waals surface area contributed by atoms with Crippen molar-refractivity contribution in [2.75, 3.05) is 13.2 Å². The maximum atomic E-state index is 11.7. The summed E-state index contributed by atoms with van der Waals surface area (Å²) in [6.07, 6.45) is 4.47. The molecule has 1 saturated carbocycles. The minimum atomic E-state index is -1.06. The fraction of sp³-hybridized carbons (Fsp3) is 0.857. The van der Waals surface area contributed by atoms with Gasteiger partial charge in [-0.15, -0.1) is 0 Å². The Bertz CT molecular complexity index is 322. The molecule has 19 heavy (non-hydrogen) atoms. The van der Waals surface area contributed by atoms with Gasteiger partial charge in [0.1, 0.15) is 13.2 Å². The van der Waals surface area contributed by atoms with Gasteiger partial charge in [-0.25, -0.2) is 4.79 Å². The summed E-state index contributed by atoms with van der Waals surface area (Å²) in [5, 5.41) is 11.4. The summed E-state index contributed by atoms with van der Waals surface area (Å²) < 4.78 is 4.81. The Morgan fingerprint density at radius 3 is 2.42 bits per heavy atom. The summed E-state index contributed by atoms with van der Waals surface area (Å²) in [6.45, 7) is 5.98. The lowest BCUT2D eigenvalue weighted by molar-refractivity contribution is -0.143. The Labute approximate surface area is 114 Å². The van der Waals surface area contributed by atoms with E-state index in [2.05, 4.69) is 26.1 Å². The van der Waals surface area contributed by atoms with Crippen molar-refractivity contribution in [1.29, 1.82) is 0 Å². The van der Waals surface area contributed by atoms with Crippen LogP contribution in [0.5, 0.6) is 0 Å². The highest BCUT2D eigenvalue weighted by molar-refractivity contribution is 5.78. The molecule has 0 radical (unpaired) electrons. The number of carbonyl (C=O) groups excluding carboxylic acids is 1. The van der Waals surface area contributed by atoms with E-state index >= 15 is 0 Å². The van der Waals surface area contributed by atoms with Crippen molar-refractivity contribution in [3.63, 3.8) is 0 Å². The minimum Gasteiger partial charge on any atom is -0.480 e. The smallest absolute Gasteiger partial charge is 0.329 e. The molecule has 1 aliphatic rings. The van der Waals surface area contributed by atoms with Gasteiger partial charge in [0.2, 0.25) is 5.91 Å². The number of carboxylic acid groups (broad SMARTS) is 1. The molecule has 1 aliphatic carbocycles. The van der Waals surface area contributed by atoms with Gasteiger partial charge in [-0.2, -0.15) is 0 Å². The first-order valence-corrected chi connectivity index (χ1v) is 6.89. The number of hydrogen-bond acceptors (Lipinski definition) is 3. The second-order valence-corrected chi connectivity index (χ2v) is 6.32. The van der Waals surface area contributed by atoms with Crippen LogP contribution in [-0.2, 0) is 14.3 Å². The van der Waals surface area contributed by atoms with Crippen LogP contribution in [0.2, 0.25) is 0 Å². The van der Waals surface area contributed by atoms with E-state index in [4.69, 9.17) is 9.84 Å². The van der Waals surface area contributed by atoms with Crippen molar-refractivity contribution >= 4 is 11.9 Å².